The van der Waals surface area contributed by atoms with Crippen LogP contribution >= 0.6 is 0 Å². The zero-order chi connectivity index (χ0) is 25.0. The average Bonchev–Trinajstić information content (AvgIpc) is 3.28. The number of aryl methyl sites for hydroxylation is 3. The van der Waals surface area contributed by atoms with Crippen molar-refractivity contribution in [2.45, 2.75) is 32.6 Å². The zero-order valence-electron chi connectivity index (χ0n) is 21.5. The van der Waals surface area contributed by atoms with Crippen LogP contribution in [-0.2, 0) is 7.05 Å². The largest absolute Gasteiger partial charge is 0.437 e. The Bertz CT molecular complexity index is 1900. The lowest BCUT2D eigenvalue weighted by atomic mass is 9.62. The first-order valence-electron chi connectivity index (χ1n) is 13.0. The summed E-state index contributed by atoms with van der Waals surface area (Å²) in [7, 11) is 2.23. The first-order valence-corrected chi connectivity index (χ1v) is 13.0. The van der Waals surface area contributed by atoms with E-state index in [4.69, 9.17) is 9.40 Å². The van der Waals surface area contributed by atoms with Crippen molar-refractivity contribution < 1.29 is 8.98 Å². The van der Waals surface area contributed by atoms with Crippen molar-refractivity contribution in [1.29, 1.82) is 0 Å². The summed E-state index contributed by atoms with van der Waals surface area (Å²) in [6.07, 6.45) is 0. The number of hydrogen-bond donors (Lipinski definition) is 0. The second-order valence-corrected chi connectivity index (χ2v) is 10.7. The summed E-state index contributed by atoms with van der Waals surface area (Å²) in [4.78, 5) is 4.72. The highest BCUT2D eigenvalue weighted by molar-refractivity contribution is 6.10. The maximum absolute atomic E-state index is 6.53. The number of hydrogen-bond acceptors (Lipinski definition) is 2. The van der Waals surface area contributed by atoms with Gasteiger partial charge >= 0.3 is 0 Å². The molecule has 0 saturated carbocycles. The third-order valence-electron chi connectivity index (χ3n) is 8.66. The number of rotatable bonds is 1. The number of aromatic nitrogens is 2. The van der Waals surface area contributed by atoms with E-state index >= 15 is 0 Å². The van der Waals surface area contributed by atoms with Crippen molar-refractivity contribution in [1.82, 2.24) is 4.98 Å². The number of nitrogens with zero attached hydrogens (tertiary/aromatic N) is 2. The Balaban J connectivity index is 1.44. The Morgan fingerprint density at radius 2 is 1.35 bits per heavy atom. The monoisotopic (exact) mass is 479 g/mol. The molecule has 3 heteroatoms. The molecule has 9 rings (SSSR count). The summed E-state index contributed by atoms with van der Waals surface area (Å²) in [6, 6.07) is 29.2. The van der Waals surface area contributed by atoms with Gasteiger partial charge in [0.1, 0.15) is 7.05 Å². The van der Waals surface area contributed by atoms with Gasteiger partial charge in [-0.25, -0.2) is 4.98 Å². The Hall–Kier alpha value is -4.24. The van der Waals surface area contributed by atoms with Gasteiger partial charge in [-0.1, -0.05) is 54.6 Å². The molecule has 3 aliphatic rings. The van der Waals surface area contributed by atoms with Gasteiger partial charge in [0.2, 0.25) is 11.4 Å². The van der Waals surface area contributed by atoms with Gasteiger partial charge < -0.3 is 4.42 Å². The first kappa shape index (κ1) is 20.9. The Kier molecular flexibility index (Phi) is 4.05. The van der Waals surface area contributed by atoms with E-state index in [9.17, 15) is 0 Å². The lowest BCUT2D eigenvalue weighted by molar-refractivity contribution is -0.669. The van der Waals surface area contributed by atoms with Crippen LogP contribution in [0.1, 0.15) is 62.2 Å². The number of pyridine rings is 2. The topological polar surface area (TPSA) is 29.9 Å². The van der Waals surface area contributed by atoms with Crippen LogP contribution in [-0.4, -0.2) is 4.98 Å². The SMILES string of the molecule is Cc1ccc2c(n1)oc1c(-c3ccc4c([n+]3C)C3c5ccccc5C4c4ccccc43)c(C)cc(C)c12. The quantitative estimate of drug-likeness (QED) is 0.230. The van der Waals surface area contributed by atoms with Crippen molar-refractivity contribution in [2.24, 2.45) is 7.05 Å². The Labute approximate surface area is 216 Å². The highest BCUT2D eigenvalue weighted by atomic mass is 16.3. The lowest BCUT2D eigenvalue weighted by Crippen LogP contribution is -2.44. The highest BCUT2D eigenvalue weighted by Gasteiger charge is 2.46. The summed E-state index contributed by atoms with van der Waals surface area (Å²) >= 11 is 0. The Morgan fingerprint density at radius 3 is 2.03 bits per heavy atom. The maximum atomic E-state index is 6.53. The van der Waals surface area contributed by atoms with E-state index in [1.54, 1.807) is 0 Å². The third kappa shape index (κ3) is 2.61. The number of benzene rings is 3. The van der Waals surface area contributed by atoms with E-state index in [0.29, 0.717) is 5.71 Å². The van der Waals surface area contributed by atoms with Crippen molar-refractivity contribution >= 4 is 22.1 Å². The fourth-order valence-electron chi connectivity index (χ4n) is 7.19. The molecule has 0 aliphatic heterocycles. The molecule has 178 valence electrons. The molecule has 0 N–H and O–H groups in total. The fourth-order valence-corrected chi connectivity index (χ4v) is 7.19. The molecule has 3 aliphatic carbocycles. The summed E-state index contributed by atoms with van der Waals surface area (Å²) in [6.45, 7) is 6.39. The van der Waals surface area contributed by atoms with E-state index < -0.39 is 0 Å². The van der Waals surface area contributed by atoms with Crippen LogP contribution in [0.5, 0.6) is 0 Å². The molecule has 3 aromatic heterocycles. The van der Waals surface area contributed by atoms with Crippen LogP contribution in [0, 0.1) is 20.8 Å². The summed E-state index contributed by atoms with van der Waals surface area (Å²) in [5, 5.41) is 2.25. The predicted octanol–water partition coefficient (Wildman–Crippen LogP) is 7.38. The standard InChI is InChI=1S/C34H27N2O/c1-18-17-19(2)29(33-28(18)26-14-13-20(3)35-34(26)37-33)27-16-15-25-30-21-9-5-7-11-23(21)31(32(25)36(27)4)24-12-8-6-10-22(24)30/h5-17,30-31H,1-4H3/q+1. The molecule has 2 bridgehead atoms. The van der Waals surface area contributed by atoms with Gasteiger partial charge in [-0.2, -0.15) is 4.57 Å². The molecule has 0 unspecified atom stereocenters. The molecule has 3 aromatic carbocycles. The molecule has 3 nitrogen and oxygen atoms in total. The van der Waals surface area contributed by atoms with Gasteiger partial charge in [0.25, 0.3) is 0 Å². The van der Waals surface area contributed by atoms with Gasteiger partial charge in [-0.3, -0.25) is 0 Å². The summed E-state index contributed by atoms with van der Waals surface area (Å²) < 4.78 is 8.96. The minimum absolute atomic E-state index is 0.221. The van der Waals surface area contributed by atoms with E-state index in [1.165, 1.54) is 50.3 Å². The number of furan rings is 1. The van der Waals surface area contributed by atoms with Crippen molar-refractivity contribution in [2.75, 3.05) is 0 Å². The van der Waals surface area contributed by atoms with Gasteiger partial charge in [-0.15, -0.1) is 0 Å². The van der Waals surface area contributed by atoms with E-state index in [0.717, 1.165) is 27.6 Å². The molecule has 37 heavy (non-hydrogen) atoms. The molecular formula is C34H27N2O+. The smallest absolute Gasteiger partial charge is 0.227 e. The minimum atomic E-state index is 0.221. The van der Waals surface area contributed by atoms with E-state index in [2.05, 4.69) is 104 Å². The van der Waals surface area contributed by atoms with Crippen LogP contribution in [0.4, 0.5) is 0 Å². The molecule has 0 atom stereocenters. The zero-order valence-corrected chi connectivity index (χ0v) is 21.5. The molecule has 0 radical (unpaired) electrons. The third-order valence-corrected chi connectivity index (χ3v) is 8.66. The molecule has 6 aromatic rings. The van der Waals surface area contributed by atoms with E-state index in [1.807, 2.05) is 6.92 Å². The van der Waals surface area contributed by atoms with Gasteiger partial charge in [-0.05, 0) is 72.4 Å². The molecule has 0 spiro atoms. The van der Waals surface area contributed by atoms with Crippen molar-refractivity contribution in [3.63, 3.8) is 0 Å². The van der Waals surface area contributed by atoms with Crippen LogP contribution in [0.3, 0.4) is 0 Å². The first-order chi connectivity index (χ1) is 18.0. The molecule has 3 heterocycles. The van der Waals surface area contributed by atoms with Crippen LogP contribution in [0.25, 0.3) is 33.3 Å². The fraction of sp³-hybridized carbons (Fsp3) is 0.176. The number of fused-ring (bicyclic) bond motifs is 3. The van der Waals surface area contributed by atoms with Crippen LogP contribution in [0.2, 0.25) is 0 Å². The van der Waals surface area contributed by atoms with E-state index in [-0.39, 0.29) is 11.8 Å². The summed E-state index contributed by atoms with van der Waals surface area (Å²) in [5.41, 5.74) is 15.9. The van der Waals surface area contributed by atoms with Crippen LogP contribution < -0.4 is 4.57 Å². The normalized spacial score (nSPS) is 17.2. The average molecular weight is 480 g/mol. The molecular weight excluding hydrogens is 452 g/mol. The molecule has 0 saturated heterocycles. The van der Waals surface area contributed by atoms with Crippen LogP contribution in [0.15, 0.2) is 83.3 Å². The maximum Gasteiger partial charge on any atom is 0.227 e. The van der Waals surface area contributed by atoms with Crippen molar-refractivity contribution in [3.05, 3.63) is 129 Å². The molecule has 0 fully saturated rings. The lowest BCUT2D eigenvalue weighted by Gasteiger charge is -2.39. The Morgan fingerprint density at radius 1 is 0.703 bits per heavy atom. The van der Waals surface area contributed by atoms with Gasteiger partial charge in [0, 0.05) is 34.0 Å². The predicted molar refractivity (Wildman–Crippen MR) is 147 cm³/mol. The second kappa shape index (κ2) is 7.17. The molecule has 0 amide bonds. The van der Waals surface area contributed by atoms with Crippen molar-refractivity contribution in [3.8, 4) is 11.3 Å². The minimum Gasteiger partial charge on any atom is -0.437 e. The summed E-state index contributed by atoms with van der Waals surface area (Å²) in [5.74, 6) is 0.490. The second-order valence-electron chi connectivity index (χ2n) is 10.7. The van der Waals surface area contributed by atoms with Gasteiger partial charge in [0.05, 0.1) is 11.5 Å². The highest BCUT2D eigenvalue weighted by Crippen LogP contribution is 2.55. The van der Waals surface area contributed by atoms with Gasteiger partial charge in [0.15, 0.2) is 11.3 Å².